The lowest BCUT2D eigenvalue weighted by Gasteiger charge is -2.14. The summed E-state index contributed by atoms with van der Waals surface area (Å²) in [6.45, 7) is 2.76. The van der Waals surface area contributed by atoms with Crippen molar-refractivity contribution in [3.63, 3.8) is 0 Å². The van der Waals surface area contributed by atoms with Crippen LogP contribution in [-0.4, -0.2) is 43.5 Å². The number of anilines is 2. The van der Waals surface area contributed by atoms with Crippen molar-refractivity contribution >= 4 is 28.2 Å². The first-order valence-electron chi connectivity index (χ1n) is 5.16. The minimum absolute atomic E-state index is 0.0510. The lowest BCUT2D eigenvalue weighted by Crippen LogP contribution is -2.27. The Labute approximate surface area is 99.9 Å². The second-order valence-corrected chi connectivity index (χ2v) is 4.81. The number of nitrogens with two attached hydrogens (primary N) is 1. The number of carbonyl (C=O) groups excluding carboxylic acids is 1. The molecule has 1 aromatic heterocycles. The topological polar surface area (TPSA) is 62.5 Å². The monoisotopic (exact) mass is 242 g/mol. The lowest BCUT2D eigenvalue weighted by atomic mass is 10.4. The number of nitrogens with zero attached hydrogens (tertiary/aromatic N) is 3. The van der Waals surface area contributed by atoms with Crippen LogP contribution in [0.15, 0.2) is 0 Å². The Hall–Kier alpha value is -1.30. The van der Waals surface area contributed by atoms with Gasteiger partial charge in [-0.2, -0.15) is 0 Å². The Morgan fingerprint density at radius 2 is 2.06 bits per heavy atom. The third-order valence-electron chi connectivity index (χ3n) is 2.12. The highest BCUT2D eigenvalue weighted by atomic mass is 32.1. The highest BCUT2D eigenvalue weighted by Crippen LogP contribution is 2.27. The second kappa shape index (κ2) is 5.16. The van der Waals surface area contributed by atoms with Crippen molar-refractivity contribution in [3.8, 4) is 0 Å². The summed E-state index contributed by atoms with van der Waals surface area (Å²) in [5, 5.41) is 0.755. The van der Waals surface area contributed by atoms with Gasteiger partial charge in [0.15, 0.2) is 5.13 Å². The zero-order chi connectivity index (χ0) is 12.3. The summed E-state index contributed by atoms with van der Waals surface area (Å²) in [4.78, 5) is 20.2. The van der Waals surface area contributed by atoms with Crippen molar-refractivity contribution in [2.45, 2.75) is 13.3 Å². The van der Waals surface area contributed by atoms with E-state index in [4.69, 9.17) is 5.73 Å². The standard InChI is InChI=1S/C10H18N4OS/c1-5-6-14(4)9(15)7-8(11)12-10(16-7)13(2)3/h5-6,11H2,1-4H3. The fourth-order valence-corrected chi connectivity index (χ4v) is 2.18. The van der Waals surface area contributed by atoms with E-state index in [2.05, 4.69) is 4.98 Å². The van der Waals surface area contributed by atoms with Gasteiger partial charge in [0.25, 0.3) is 5.91 Å². The first-order chi connectivity index (χ1) is 7.47. The molecule has 6 heteroatoms. The van der Waals surface area contributed by atoms with Gasteiger partial charge in [-0.15, -0.1) is 0 Å². The van der Waals surface area contributed by atoms with Gasteiger partial charge in [-0.1, -0.05) is 18.3 Å². The third kappa shape index (κ3) is 2.63. The van der Waals surface area contributed by atoms with Crippen LogP contribution >= 0.6 is 11.3 Å². The van der Waals surface area contributed by atoms with Gasteiger partial charge in [0, 0.05) is 27.7 Å². The summed E-state index contributed by atoms with van der Waals surface area (Å²) in [7, 11) is 5.53. The van der Waals surface area contributed by atoms with E-state index in [0.717, 1.165) is 18.1 Å². The summed E-state index contributed by atoms with van der Waals surface area (Å²) in [6, 6.07) is 0. The van der Waals surface area contributed by atoms with Gasteiger partial charge < -0.3 is 15.5 Å². The van der Waals surface area contributed by atoms with E-state index in [1.54, 1.807) is 11.9 Å². The largest absolute Gasteiger partial charge is 0.382 e. The Bertz CT molecular complexity index is 375. The fraction of sp³-hybridized carbons (Fsp3) is 0.600. The van der Waals surface area contributed by atoms with Crippen LogP contribution in [0.25, 0.3) is 0 Å². The average Bonchev–Trinajstić information content (AvgIpc) is 2.60. The van der Waals surface area contributed by atoms with Crippen molar-refractivity contribution in [2.75, 3.05) is 38.3 Å². The number of aromatic nitrogens is 1. The van der Waals surface area contributed by atoms with Crippen LogP contribution < -0.4 is 10.6 Å². The highest BCUT2D eigenvalue weighted by molar-refractivity contribution is 7.18. The number of rotatable bonds is 4. The molecule has 0 bridgehead atoms. The molecule has 0 aliphatic rings. The zero-order valence-electron chi connectivity index (χ0n) is 10.1. The normalized spacial score (nSPS) is 10.2. The maximum absolute atomic E-state index is 12.0. The molecule has 5 nitrogen and oxygen atoms in total. The van der Waals surface area contributed by atoms with E-state index in [1.807, 2.05) is 25.9 Å². The van der Waals surface area contributed by atoms with Gasteiger partial charge in [0.1, 0.15) is 10.7 Å². The summed E-state index contributed by atoms with van der Waals surface area (Å²) in [6.07, 6.45) is 0.932. The Morgan fingerprint density at radius 3 is 2.50 bits per heavy atom. The molecule has 16 heavy (non-hydrogen) atoms. The van der Waals surface area contributed by atoms with Crippen molar-refractivity contribution in [3.05, 3.63) is 4.88 Å². The smallest absolute Gasteiger partial charge is 0.267 e. The van der Waals surface area contributed by atoms with Gasteiger partial charge in [-0.25, -0.2) is 4.98 Å². The van der Waals surface area contributed by atoms with E-state index in [1.165, 1.54) is 11.3 Å². The molecule has 0 saturated carbocycles. The molecule has 0 unspecified atom stereocenters. The molecule has 1 heterocycles. The third-order valence-corrected chi connectivity index (χ3v) is 3.35. The van der Waals surface area contributed by atoms with E-state index >= 15 is 0 Å². The summed E-state index contributed by atoms with van der Waals surface area (Å²) < 4.78 is 0. The van der Waals surface area contributed by atoms with Gasteiger partial charge in [-0.3, -0.25) is 4.79 Å². The maximum atomic E-state index is 12.0. The number of nitrogen functional groups attached to an aromatic ring is 1. The molecule has 0 saturated heterocycles. The van der Waals surface area contributed by atoms with E-state index in [9.17, 15) is 4.79 Å². The van der Waals surface area contributed by atoms with Crippen LogP contribution in [0.1, 0.15) is 23.0 Å². The number of amides is 1. The Kier molecular flexibility index (Phi) is 4.12. The van der Waals surface area contributed by atoms with Crippen molar-refractivity contribution in [1.29, 1.82) is 0 Å². The van der Waals surface area contributed by atoms with Crippen LogP contribution in [0.2, 0.25) is 0 Å². The van der Waals surface area contributed by atoms with Gasteiger partial charge in [0.2, 0.25) is 0 Å². The highest BCUT2D eigenvalue weighted by Gasteiger charge is 2.19. The summed E-state index contributed by atoms with van der Waals surface area (Å²) >= 11 is 1.33. The minimum atomic E-state index is -0.0510. The molecule has 0 aliphatic heterocycles. The van der Waals surface area contributed by atoms with Crippen LogP contribution in [-0.2, 0) is 0 Å². The molecule has 1 rings (SSSR count). The Morgan fingerprint density at radius 1 is 1.44 bits per heavy atom. The van der Waals surface area contributed by atoms with Crippen molar-refractivity contribution < 1.29 is 4.79 Å². The van der Waals surface area contributed by atoms with Crippen molar-refractivity contribution in [2.24, 2.45) is 0 Å². The number of hydrogen-bond donors (Lipinski definition) is 1. The molecular formula is C10H18N4OS. The summed E-state index contributed by atoms with van der Waals surface area (Å²) in [5.41, 5.74) is 5.74. The molecule has 1 aromatic rings. The average molecular weight is 242 g/mol. The van der Waals surface area contributed by atoms with Gasteiger partial charge in [-0.05, 0) is 6.42 Å². The first-order valence-corrected chi connectivity index (χ1v) is 5.98. The molecule has 0 fully saturated rings. The maximum Gasteiger partial charge on any atom is 0.267 e. The molecule has 90 valence electrons. The zero-order valence-corrected chi connectivity index (χ0v) is 11.0. The summed E-state index contributed by atoms with van der Waals surface area (Å²) in [5.74, 6) is 0.270. The predicted octanol–water partition coefficient (Wildman–Crippen LogP) is 1.27. The molecule has 0 radical (unpaired) electrons. The minimum Gasteiger partial charge on any atom is -0.382 e. The van der Waals surface area contributed by atoms with Crippen LogP contribution in [0.5, 0.6) is 0 Å². The van der Waals surface area contributed by atoms with Gasteiger partial charge in [0.05, 0.1) is 0 Å². The molecule has 2 N–H and O–H groups in total. The van der Waals surface area contributed by atoms with Crippen LogP contribution in [0.3, 0.4) is 0 Å². The molecular weight excluding hydrogens is 224 g/mol. The fourth-order valence-electron chi connectivity index (χ4n) is 1.28. The van der Waals surface area contributed by atoms with Crippen LogP contribution in [0, 0.1) is 0 Å². The first kappa shape index (κ1) is 12.8. The predicted molar refractivity (Wildman–Crippen MR) is 68.1 cm³/mol. The lowest BCUT2D eigenvalue weighted by molar-refractivity contribution is 0.0800. The number of hydrogen-bond acceptors (Lipinski definition) is 5. The molecule has 1 amide bonds. The van der Waals surface area contributed by atoms with E-state index in [-0.39, 0.29) is 5.91 Å². The SMILES string of the molecule is CCCN(C)C(=O)c1sc(N(C)C)nc1N. The molecule has 0 aromatic carbocycles. The van der Waals surface area contributed by atoms with Gasteiger partial charge >= 0.3 is 0 Å². The molecule has 0 aliphatic carbocycles. The number of carbonyl (C=O) groups is 1. The number of thiazole rings is 1. The Balaban J connectivity index is 2.91. The van der Waals surface area contributed by atoms with Crippen LogP contribution in [0.4, 0.5) is 10.9 Å². The quantitative estimate of drug-likeness (QED) is 0.863. The van der Waals surface area contributed by atoms with Crippen molar-refractivity contribution in [1.82, 2.24) is 9.88 Å². The molecule has 0 atom stereocenters. The second-order valence-electron chi connectivity index (χ2n) is 3.83. The van der Waals surface area contributed by atoms with E-state index in [0.29, 0.717) is 10.7 Å². The molecule has 0 spiro atoms. The van der Waals surface area contributed by atoms with E-state index < -0.39 is 0 Å².